The molecular formula is C17H18N4O2. The third-order valence-corrected chi connectivity index (χ3v) is 4.08. The first-order valence-electron chi connectivity index (χ1n) is 7.66. The highest BCUT2D eigenvalue weighted by molar-refractivity contribution is 5.92. The van der Waals surface area contributed by atoms with Crippen LogP contribution in [0.25, 0.3) is 5.69 Å². The van der Waals surface area contributed by atoms with Crippen molar-refractivity contribution in [1.82, 2.24) is 9.78 Å². The van der Waals surface area contributed by atoms with Gasteiger partial charge in [-0.25, -0.2) is 4.68 Å². The topological polar surface area (TPSA) is 79.9 Å². The minimum absolute atomic E-state index is 0.0485. The first kappa shape index (κ1) is 15.3. The third kappa shape index (κ3) is 3.25. The largest absolute Gasteiger partial charge is 0.378 e. The van der Waals surface area contributed by atoms with E-state index in [1.807, 2.05) is 6.92 Å². The van der Waals surface area contributed by atoms with Gasteiger partial charge in [0.2, 0.25) is 5.91 Å². The SMILES string of the molecule is CC1OCCCC1C(=O)Nc1ccnn1-c1ccc(C#N)cc1. The van der Waals surface area contributed by atoms with Gasteiger partial charge in [-0.05, 0) is 44.0 Å². The van der Waals surface area contributed by atoms with Gasteiger partial charge in [-0.3, -0.25) is 4.79 Å². The summed E-state index contributed by atoms with van der Waals surface area (Å²) in [5, 5.41) is 16.0. The highest BCUT2D eigenvalue weighted by Gasteiger charge is 2.29. The molecule has 1 aliphatic heterocycles. The van der Waals surface area contributed by atoms with Crippen LogP contribution in [0.2, 0.25) is 0 Å². The van der Waals surface area contributed by atoms with Gasteiger partial charge in [0.15, 0.2) is 0 Å². The van der Waals surface area contributed by atoms with Gasteiger partial charge in [-0.2, -0.15) is 10.4 Å². The van der Waals surface area contributed by atoms with Gasteiger partial charge in [0, 0.05) is 12.7 Å². The van der Waals surface area contributed by atoms with Gasteiger partial charge in [0.1, 0.15) is 5.82 Å². The Kier molecular flexibility index (Phi) is 4.40. The molecule has 2 heterocycles. The predicted molar refractivity (Wildman–Crippen MR) is 85.0 cm³/mol. The summed E-state index contributed by atoms with van der Waals surface area (Å²) in [5.74, 6) is 0.415. The van der Waals surface area contributed by atoms with Crippen molar-refractivity contribution < 1.29 is 9.53 Å². The average molecular weight is 310 g/mol. The molecule has 0 saturated carbocycles. The molecule has 2 aromatic rings. The Bertz CT molecular complexity index is 730. The lowest BCUT2D eigenvalue weighted by atomic mass is 9.94. The zero-order chi connectivity index (χ0) is 16.2. The Hall–Kier alpha value is -2.65. The second-order valence-electron chi connectivity index (χ2n) is 5.60. The molecule has 0 aliphatic carbocycles. The van der Waals surface area contributed by atoms with E-state index in [2.05, 4.69) is 16.5 Å². The second kappa shape index (κ2) is 6.63. The van der Waals surface area contributed by atoms with E-state index >= 15 is 0 Å². The Labute approximate surface area is 134 Å². The van der Waals surface area contributed by atoms with E-state index in [4.69, 9.17) is 10.00 Å². The Balaban J connectivity index is 1.78. The van der Waals surface area contributed by atoms with E-state index in [-0.39, 0.29) is 17.9 Å². The second-order valence-corrected chi connectivity index (χ2v) is 5.60. The number of rotatable bonds is 3. The summed E-state index contributed by atoms with van der Waals surface area (Å²) in [5.41, 5.74) is 1.37. The number of benzene rings is 1. The van der Waals surface area contributed by atoms with Crippen molar-refractivity contribution in [2.75, 3.05) is 11.9 Å². The van der Waals surface area contributed by atoms with Crippen LogP contribution in [-0.2, 0) is 9.53 Å². The number of nitriles is 1. The molecule has 2 unspecified atom stereocenters. The lowest BCUT2D eigenvalue weighted by Gasteiger charge is -2.28. The first-order valence-corrected chi connectivity index (χ1v) is 7.66. The smallest absolute Gasteiger partial charge is 0.231 e. The summed E-state index contributed by atoms with van der Waals surface area (Å²) in [6, 6.07) is 10.9. The van der Waals surface area contributed by atoms with E-state index in [1.54, 1.807) is 41.2 Å². The maximum Gasteiger partial charge on any atom is 0.231 e. The molecule has 6 heteroatoms. The van der Waals surface area contributed by atoms with Crippen LogP contribution < -0.4 is 5.32 Å². The van der Waals surface area contributed by atoms with Crippen molar-refractivity contribution >= 4 is 11.7 Å². The standard InChI is InChI=1S/C17H18N4O2/c1-12-15(3-2-10-23-12)17(22)20-16-8-9-19-21(16)14-6-4-13(11-18)5-7-14/h4-9,12,15H,2-3,10H2,1H3,(H,20,22). The number of carbonyl (C=O) groups is 1. The van der Waals surface area contributed by atoms with Gasteiger partial charge in [0.25, 0.3) is 0 Å². The molecule has 1 N–H and O–H groups in total. The molecule has 1 fully saturated rings. The molecule has 3 rings (SSSR count). The van der Waals surface area contributed by atoms with Crippen LogP contribution in [0.15, 0.2) is 36.5 Å². The number of ether oxygens (including phenoxy) is 1. The summed E-state index contributed by atoms with van der Waals surface area (Å²) in [6.07, 6.45) is 3.29. The monoisotopic (exact) mass is 310 g/mol. The zero-order valence-corrected chi connectivity index (χ0v) is 12.9. The number of amides is 1. The van der Waals surface area contributed by atoms with Crippen molar-refractivity contribution in [3.05, 3.63) is 42.1 Å². The van der Waals surface area contributed by atoms with Crippen molar-refractivity contribution in [3.8, 4) is 11.8 Å². The highest BCUT2D eigenvalue weighted by atomic mass is 16.5. The lowest BCUT2D eigenvalue weighted by molar-refractivity contribution is -0.127. The molecule has 0 radical (unpaired) electrons. The molecule has 23 heavy (non-hydrogen) atoms. The van der Waals surface area contributed by atoms with Crippen molar-refractivity contribution in [2.45, 2.75) is 25.9 Å². The van der Waals surface area contributed by atoms with E-state index in [0.29, 0.717) is 18.0 Å². The molecule has 0 spiro atoms. The molecule has 0 bridgehead atoms. The normalized spacial score (nSPS) is 20.7. The number of hydrogen-bond donors (Lipinski definition) is 1. The fourth-order valence-electron chi connectivity index (χ4n) is 2.77. The zero-order valence-electron chi connectivity index (χ0n) is 12.9. The Morgan fingerprint density at radius 3 is 2.87 bits per heavy atom. The van der Waals surface area contributed by atoms with Crippen LogP contribution in [0.4, 0.5) is 5.82 Å². The maximum absolute atomic E-state index is 12.5. The Morgan fingerprint density at radius 2 is 2.17 bits per heavy atom. The number of nitrogens with one attached hydrogen (secondary N) is 1. The summed E-state index contributed by atoms with van der Waals surface area (Å²) >= 11 is 0. The van der Waals surface area contributed by atoms with Crippen LogP contribution in [0.5, 0.6) is 0 Å². The summed E-state index contributed by atoms with van der Waals surface area (Å²) < 4.78 is 7.20. The van der Waals surface area contributed by atoms with Crippen LogP contribution in [0.3, 0.4) is 0 Å². The van der Waals surface area contributed by atoms with Crippen molar-refractivity contribution in [2.24, 2.45) is 5.92 Å². The number of hydrogen-bond acceptors (Lipinski definition) is 4. The van der Waals surface area contributed by atoms with Gasteiger partial charge in [0.05, 0.1) is 35.5 Å². The van der Waals surface area contributed by atoms with Gasteiger partial charge in [-0.15, -0.1) is 0 Å². The number of nitrogens with zero attached hydrogens (tertiary/aromatic N) is 3. The maximum atomic E-state index is 12.5. The predicted octanol–water partition coefficient (Wildman–Crippen LogP) is 2.50. The van der Waals surface area contributed by atoms with Crippen LogP contribution in [0, 0.1) is 17.2 Å². The third-order valence-electron chi connectivity index (χ3n) is 4.08. The summed E-state index contributed by atoms with van der Waals surface area (Å²) in [6.45, 7) is 2.65. The molecule has 118 valence electrons. The molecule has 1 amide bonds. The molecule has 1 saturated heterocycles. The minimum Gasteiger partial charge on any atom is -0.378 e. The minimum atomic E-state index is -0.145. The lowest BCUT2D eigenvalue weighted by Crippen LogP contribution is -2.36. The fourth-order valence-corrected chi connectivity index (χ4v) is 2.77. The molecule has 6 nitrogen and oxygen atoms in total. The summed E-state index contributed by atoms with van der Waals surface area (Å²) in [7, 11) is 0. The average Bonchev–Trinajstić information content (AvgIpc) is 3.03. The van der Waals surface area contributed by atoms with Gasteiger partial charge in [-0.1, -0.05) is 0 Å². The Morgan fingerprint density at radius 1 is 1.39 bits per heavy atom. The molecule has 2 atom stereocenters. The molecule has 1 aromatic heterocycles. The van der Waals surface area contributed by atoms with Crippen molar-refractivity contribution in [1.29, 1.82) is 5.26 Å². The molecule has 1 aromatic carbocycles. The summed E-state index contributed by atoms with van der Waals surface area (Å²) in [4.78, 5) is 12.5. The quantitative estimate of drug-likeness (QED) is 0.944. The van der Waals surface area contributed by atoms with Gasteiger partial charge < -0.3 is 10.1 Å². The van der Waals surface area contributed by atoms with Crippen molar-refractivity contribution in [3.63, 3.8) is 0 Å². The van der Waals surface area contributed by atoms with Gasteiger partial charge >= 0.3 is 0 Å². The van der Waals surface area contributed by atoms with E-state index in [0.717, 1.165) is 18.5 Å². The fraction of sp³-hybridized carbons (Fsp3) is 0.353. The number of carbonyl (C=O) groups excluding carboxylic acids is 1. The molecular weight excluding hydrogens is 292 g/mol. The van der Waals surface area contributed by atoms with Crippen LogP contribution in [-0.4, -0.2) is 28.4 Å². The van der Waals surface area contributed by atoms with E-state index in [9.17, 15) is 4.79 Å². The highest BCUT2D eigenvalue weighted by Crippen LogP contribution is 2.23. The molecule has 1 aliphatic rings. The van der Waals surface area contributed by atoms with E-state index < -0.39 is 0 Å². The van der Waals surface area contributed by atoms with E-state index in [1.165, 1.54) is 0 Å². The first-order chi connectivity index (χ1) is 11.2. The van der Waals surface area contributed by atoms with Crippen LogP contribution >= 0.6 is 0 Å². The number of anilines is 1. The van der Waals surface area contributed by atoms with Crippen LogP contribution in [0.1, 0.15) is 25.3 Å². The number of aromatic nitrogens is 2.